The Morgan fingerprint density at radius 1 is 0.952 bits per heavy atom. The predicted octanol–water partition coefficient (Wildman–Crippen LogP) is -0.108. The van der Waals surface area contributed by atoms with Gasteiger partial charge in [-0.3, -0.25) is 9.59 Å². The van der Waals surface area contributed by atoms with Crippen molar-refractivity contribution in [3.05, 3.63) is 0 Å². The van der Waals surface area contributed by atoms with Gasteiger partial charge in [0, 0.05) is 38.5 Å². The Morgan fingerprint density at radius 3 is 2.10 bits per heavy atom. The van der Waals surface area contributed by atoms with Gasteiger partial charge in [-0.05, 0) is 25.2 Å². The summed E-state index contributed by atoms with van der Waals surface area (Å²) in [4.78, 5) is 27.8. The number of hydrogen-bond donors (Lipinski definition) is 0. The largest absolute Gasteiger partial charge is 0.339 e. The number of amides is 2. The van der Waals surface area contributed by atoms with Gasteiger partial charge in [-0.25, -0.2) is 8.42 Å². The Labute approximate surface area is 125 Å². The summed E-state index contributed by atoms with van der Waals surface area (Å²) >= 11 is 0. The summed E-state index contributed by atoms with van der Waals surface area (Å²) in [5.41, 5.74) is 0. The lowest BCUT2D eigenvalue weighted by atomic mass is 10.0. The van der Waals surface area contributed by atoms with Crippen molar-refractivity contribution >= 4 is 21.7 Å². The van der Waals surface area contributed by atoms with E-state index < -0.39 is 9.84 Å². The lowest BCUT2D eigenvalue weighted by Gasteiger charge is -2.35. The Balaban J connectivity index is 1.45. The molecule has 2 amide bonds. The molecule has 0 aromatic heterocycles. The summed E-state index contributed by atoms with van der Waals surface area (Å²) in [5, 5.41) is 0. The number of sulfone groups is 1. The summed E-state index contributed by atoms with van der Waals surface area (Å²) in [6.45, 7) is 2.39. The van der Waals surface area contributed by atoms with Gasteiger partial charge in [0.1, 0.15) is 0 Å². The summed E-state index contributed by atoms with van der Waals surface area (Å²) < 4.78 is 22.8. The first-order valence-electron chi connectivity index (χ1n) is 7.71. The van der Waals surface area contributed by atoms with Crippen molar-refractivity contribution in [3.8, 4) is 0 Å². The van der Waals surface area contributed by atoms with E-state index in [1.54, 1.807) is 4.90 Å². The molecule has 1 atom stereocenters. The maximum atomic E-state index is 12.2. The van der Waals surface area contributed by atoms with E-state index in [0.717, 1.165) is 12.8 Å². The maximum absolute atomic E-state index is 12.2. The van der Waals surface area contributed by atoms with Gasteiger partial charge < -0.3 is 9.80 Å². The van der Waals surface area contributed by atoms with Gasteiger partial charge in [-0.2, -0.15) is 0 Å². The van der Waals surface area contributed by atoms with E-state index in [1.165, 1.54) is 0 Å². The second-order valence-electron chi connectivity index (χ2n) is 6.45. The third-order valence-electron chi connectivity index (χ3n) is 4.66. The van der Waals surface area contributed by atoms with Crippen molar-refractivity contribution in [3.63, 3.8) is 0 Å². The second-order valence-corrected chi connectivity index (χ2v) is 8.68. The van der Waals surface area contributed by atoms with Crippen LogP contribution in [0.1, 0.15) is 25.7 Å². The minimum Gasteiger partial charge on any atom is -0.339 e. The molecule has 3 fully saturated rings. The van der Waals surface area contributed by atoms with E-state index >= 15 is 0 Å². The highest BCUT2D eigenvalue weighted by Crippen LogP contribution is 2.31. The normalized spacial score (nSPS) is 28.7. The van der Waals surface area contributed by atoms with Gasteiger partial charge in [0.2, 0.25) is 11.8 Å². The van der Waals surface area contributed by atoms with Gasteiger partial charge in [-0.1, -0.05) is 0 Å². The molecule has 1 aliphatic carbocycles. The molecule has 0 aromatic carbocycles. The molecule has 7 heteroatoms. The summed E-state index contributed by atoms with van der Waals surface area (Å²) in [6.07, 6.45) is 2.95. The Morgan fingerprint density at radius 2 is 1.57 bits per heavy atom. The van der Waals surface area contributed by atoms with Crippen LogP contribution in [-0.4, -0.2) is 67.7 Å². The maximum Gasteiger partial charge on any atom is 0.225 e. The smallest absolute Gasteiger partial charge is 0.225 e. The lowest BCUT2D eigenvalue weighted by Crippen LogP contribution is -2.51. The molecule has 1 saturated carbocycles. The van der Waals surface area contributed by atoms with Crippen molar-refractivity contribution in [1.29, 1.82) is 0 Å². The minimum absolute atomic E-state index is 0.0198. The van der Waals surface area contributed by atoms with Crippen LogP contribution in [0.25, 0.3) is 0 Å². The van der Waals surface area contributed by atoms with E-state index in [1.807, 2.05) is 4.90 Å². The highest BCUT2D eigenvalue weighted by atomic mass is 32.2. The predicted molar refractivity (Wildman–Crippen MR) is 77.3 cm³/mol. The van der Waals surface area contributed by atoms with Gasteiger partial charge in [-0.15, -0.1) is 0 Å². The highest BCUT2D eigenvalue weighted by molar-refractivity contribution is 7.91. The van der Waals surface area contributed by atoms with Crippen LogP contribution >= 0.6 is 0 Å². The summed E-state index contributed by atoms with van der Waals surface area (Å²) in [5.74, 6) is 0.859. The van der Waals surface area contributed by atoms with E-state index in [0.29, 0.717) is 39.0 Å². The number of piperazine rings is 1. The molecule has 0 bridgehead atoms. The first kappa shape index (κ1) is 14.8. The quantitative estimate of drug-likeness (QED) is 0.728. The van der Waals surface area contributed by atoms with Crippen LogP contribution in [-0.2, 0) is 19.4 Å². The summed E-state index contributed by atoms with van der Waals surface area (Å²) in [6, 6.07) is 0. The van der Waals surface area contributed by atoms with Crippen LogP contribution < -0.4 is 0 Å². The summed E-state index contributed by atoms with van der Waals surface area (Å²) in [7, 11) is -2.92. The van der Waals surface area contributed by atoms with Gasteiger partial charge >= 0.3 is 0 Å². The fourth-order valence-corrected chi connectivity index (χ4v) is 5.04. The first-order chi connectivity index (χ1) is 9.94. The van der Waals surface area contributed by atoms with E-state index in [2.05, 4.69) is 0 Å². The van der Waals surface area contributed by atoms with Crippen molar-refractivity contribution in [2.75, 3.05) is 37.7 Å². The molecule has 2 saturated heterocycles. The number of nitrogens with zero attached hydrogens (tertiary/aromatic N) is 2. The number of carbonyl (C=O) groups is 2. The molecule has 118 valence electrons. The number of rotatable bonds is 3. The molecule has 2 aliphatic heterocycles. The zero-order valence-electron chi connectivity index (χ0n) is 12.2. The molecule has 0 N–H and O–H groups in total. The van der Waals surface area contributed by atoms with Crippen LogP contribution in [0.4, 0.5) is 0 Å². The Kier molecular flexibility index (Phi) is 3.94. The van der Waals surface area contributed by atoms with Crippen LogP contribution in [0.3, 0.4) is 0 Å². The fourth-order valence-electron chi connectivity index (χ4n) is 3.17. The monoisotopic (exact) mass is 314 g/mol. The molecule has 3 rings (SSSR count). The highest BCUT2D eigenvalue weighted by Gasteiger charge is 2.36. The third kappa shape index (κ3) is 3.56. The molecule has 0 spiro atoms. The van der Waals surface area contributed by atoms with Crippen LogP contribution in [0.2, 0.25) is 0 Å². The lowest BCUT2D eigenvalue weighted by molar-refractivity contribution is -0.140. The average Bonchev–Trinajstić information content (AvgIpc) is 3.24. The second kappa shape index (κ2) is 5.59. The van der Waals surface area contributed by atoms with Crippen LogP contribution in [0.15, 0.2) is 0 Å². The molecule has 1 unspecified atom stereocenters. The Bertz CT molecular complexity index is 533. The molecule has 3 aliphatic rings. The molecule has 6 nitrogen and oxygen atoms in total. The van der Waals surface area contributed by atoms with Crippen molar-refractivity contribution in [1.82, 2.24) is 9.80 Å². The van der Waals surface area contributed by atoms with Gasteiger partial charge in [0.15, 0.2) is 9.84 Å². The standard InChI is InChI=1S/C14H22N2O4S/c17-13(9-11-3-8-21(19,20)10-11)15-4-6-16(7-5-15)14(18)12-1-2-12/h11-12H,1-10H2. The van der Waals surface area contributed by atoms with Crippen molar-refractivity contribution in [2.24, 2.45) is 11.8 Å². The topological polar surface area (TPSA) is 74.8 Å². The third-order valence-corrected chi connectivity index (χ3v) is 6.50. The van der Waals surface area contributed by atoms with Crippen LogP contribution in [0, 0.1) is 11.8 Å². The van der Waals surface area contributed by atoms with Gasteiger partial charge in [0.05, 0.1) is 11.5 Å². The minimum atomic E-state index is -2.92. The van der Waals surface area contributed by atoms with E-state index in [4.69, 9.17) is 0 Å². The van der Waals surface area contributed by atoms with Crippen molar-refractivity contribution in [2.45, 2.75) is 25.7 Å². The zero-order chi connectivity index (χ0) is 15.0. The van der Waals surface area contributed by atoms with Gasteiger partial charge in [0.25, 0.3) is 0 Å². The SMILES string of the molecule is O=C(CC1CCS(=O)(=O)C1)N1CCN(C(=O)C2CC2)CC1. The molecular formula is C14H22N2O4S. The average molecular weight is 314 g/mol. The Hall–Kier alpha value is -1.11. The fraction of sp³-hybridized carbons (Fsp3) is 0.857. The molecular weight excluding hydrogens is 292 g/mol. The number of hydrogen-bond acceptors (Lipinski definition) is 4. The molecule has 21 heavy (non-hydrogen) atoms. The molecule has 2 heterocycles. The van der Waals surface area contributed by atoms with Crippen LogP contribution in [0.5, 0.6) is 0 Å². The molecule has 0 radical (unpaired) electrons. The first-order valence-corrected chi connectivity index (χ1v) is 9.54. The van der Waals surface area contributed by atoms with E-state index in [-0.39, 0.29) is 35.2 Å². The molecule has 0 aromatic rings. The van der Waals surface area contributed by atoms with Crippen molar-refractivity contribution < 1.29 is 18.0 Å². The zero-order valence-corrected chi connectivity index (χ0v) is 13.0. The number of carbonyl (C=O) groups excluding carboxylic acids is 2. The van der Waals surface area contributed by atoms with E-state index in [9.17, 15) is 18.0 Å².